The minimum Gasteiger partial charge on any atom is -0.324 e. The van der Waals surface area contributed by atoms with E-state index in [4.69, 9.17) is 0 Å². The maximum Gasteiger partial charge on any atom is 0.416 e. The Hall–Kier alpha value is -2.90. The van der Waals surface area contributed by atoms with Crippen LogP contribution in [-0.2, 0) is 17.4 Å². The second kappa shape index (κ2) is 6.31. The summed E-state index contributed by atoms with van der Waals surface area (Å²) in [5, 5.41) is 10.0. The van der Waals surface area contributed by atoms with Crippen LogP contribution in [0.2, 0.25) is 0 Å². The minimum absolute atomic E-state index is 0.0446. The molecule has 0 atom stereocenters. The third-order valence-electron chi connectivity index (χ3n) is 3.46. The molecule has 0 aliphatic carbocycles. The smallest absolute Gasteiger partial charge is 0.324 e. The lowest BCUT2D eigenvalue weighted by Crippen LogP contribution is -2.13. The molecule has 24 heavy (non-hydrogen) atoms. The fourth-order valence-corrected chi connectivity index (χ4v) is 2.28. The molecule has 0 bridgehead atoms. The number of aryl methyl sites for hydroxylation is 1. The average Bonchev–Trinajstić information content (AvgIpc) is 3.02. The van der Waals surface area contributed by atoms with Gasteiger partial charge < -0.3 is 5.32 Å². The SMILES string of the molecule is O=C(CCc1cccc(C(F)(F)F)c1)Nc1cccc2nonc12. The van der Waals surface area contributed by atoms with E-state index >= 15 is 0 Å². The molecule has 0 saturated carbocycles. The van der Waals surface area contributed by atoms with Crippen LogP contribution < -0.4 is 5.32 Å². The van der Waals surface area contributed by atoms with Crippen molar-refractivity contribution in [2.75, 3.05) is 5.32 Å². The molecule has 0 spiro atoms. The number of amides is 1. The standard InChI is InChI=1S/C16H12F3N3O2/c17-16(18,19)11-4-1-3-10(9-11)7-8-14(23)20-12-5-2-6-13-15(12)22-24-21-13/h1-6,9H,7-8H2,(H,20,23). The number of hydrogen-bond acceptors (Lipinski definition) is 4. The zero-order valence-corrected chi connectivity index (χ0v) is 12.3. The number of rotatable bonds is 4. The van der Waals surface area contributed by atoms with E-state index in [1.807, 2.05) is 0 Å². The van der Waals surface area contributed by atoms with Gasteiger partial charge >= 0.3 is 6.18 Å². The van der Waals surface area contributed by atoms with E-state index in [0.717, 1.165) is 12.1 Å². The molecule has 8 heteroatoms. The molecule has 3 rings (SSSR count). The Morgan fingerprint density at radius 3 is 2.71 bits per heavy atom. The van der Waals surface area contributed by atoms with Gasteiger partial charge in [-0.15, -0.1) is 0 Å². The van der Waals surface area contributed by atoms with Gasteiger partial charge in [0.15, 0.2) is 5.52 Å². The van der Waals surface area contributed by atoms with Gasteiger partial charge in [-0.1, -0.05) is 24.3 Å². The van der Waals surface area contributed by atoms with Crippen LogP contribution in [0.4, 0.5) is 18.9 Å². The highest BCUT2D eigenvalue weighted by molar-refractivity contribution is 5.98. The lowest BCUT2D eigenvalue weighted by Gasteiger charge is -2.09. The lowest BCUT2D eigenvalue weighted by molar-refractivity contribution is -0.137. The van der Waals surface area contributed by atoms with Gasteiger partial charge in [0, 0.05) is 6.42 Å². The number of alkyl halides is 3. The normalized spacial score (nSPS) is 11.6. The van der Waals surface area contributed by atoms with Gasteiger partial charge in [0.05, 0.1) is 11.3 Å². The molecule has 3 aromatic rings. The maximum atomic E-state index is 12.7. The molecule has 2 aromatic carbocycles. The average molecular weight is 335 g/mol. The van der Waals surface area contributed by atoms with E-state index in [2.05, 4.69) is 20.3 Å². The van der Waals surface area contributed by atoms with Gasteiger partial charge in [-0.3, -0.25) is 4.79 Å². The first kappa shape index (κ1) is 16.0. The van der Waals surface area contributed by atoms with Crippen LogP contribution in [0.15, 0.2) is 47.1 Å². The van der Waals surface area contributed by atoms with Crippen molar-refractivity contribution < 1.29 is 22.6 Å². The molecule has 0 fully saturated rings. The first-order valence-corrected chi connectivity index (χ1v) is 7.11. The van der Waals surface area contributed by atoms with Crippen LogP contribution in [0.5, 0.6) is 0 Å². The number of anilines is 1. The molecule has 0 saturated heterocycles. The fraction of sp³-hybridized carbons (Fsp3) is 0.188. The molecule has 1 amide bonds. The number of hydrogen-bond donors (Lipinski definition) is 1. The number of halogens is 3. The number of fused-ring (bicyclic) bond motifs is 1. The predicted molar refractivity (Wildman–Crippen MR) is 80.2 cm³/mol. The first-order chi connectivity index (χ1) is 11.4. The van der Waals surface area contributed by atoms with E-state index in [1.165, 1.54) is 6.07 Å². The summed E-state index contributed by atoms with van der Waals surface area (Å²) in [4.78, 5) is 12.0. The topological polar surface area (TPSA) is 68.0 Å². The maximum absolute atomic E-state index is 12.7. The Morgan fingerprint density at radius 2 is 1.92 bits per heavy atom. The van der Waals surface area contributed by atoms with Crippen LogP contribution >= 0.6 is 0 Å². The fourth-order valence-electron chi connectivity index (χ4n) is 2.28. The highest BCUT2D eigenvalue weighted by atomic mass is 19.4. The van der Waals surface area contributed by atoms with Gasteiger partial charge in [0.25, 0.3) is 0 Å². The van der Waals surface area contributed by atoms with Gasteiger partial charge in [0.2, 0.25) is 5.91 Å². The molecule has 5 nitrogen and oxygen atoms in total. The van der Waals surface area contributed by atoms with Gasteiger partial charge in [-0.25, -0.2) is 4.63 Å². The Kier molecular flexibility index (Phi) is 4.20. The molecule has 0 unspecified atom stereocenters. The first-order valence-electron chi connectivity index (χ1n) is 7.11. The quantitative estimate of drug-likeness (QED) is 0.787. The van der Waals surface area contributed by atoms with Crippen molar-refractivity contribution in [2.24, 2.45) is 0 Å². The number of nitrogens with one attached hydrogen (secondary N) is 1. The second-order valence-electron chi connectivity index (χ2n) is 5.18. The van der Waals surface area contributed by atoms with Crippen LogP contribution in [0.3, 0.4) is 0 Å². The summed E-state index contributed by atoms with van der Waals surface area (Å²) in [6, 6.07) is 9.97. The Labute approximate surface area is 134 Å². The van der Waals surface area contributed by atoms with Crippen LogP contribution in [0, 0.1) is 0 Å². The van der Waals surface area contributed by atoms with Gasteiger partial charge in [-0.2, -0.15) is 13.2 Å². The van der Waals surface area contributed by atoms with Crippen molar-refractivity contribution >= 4 is 22.6 Å². The van der Waals surface area contributed by atoms with E-state index in [-0.39, 0.29) is 18.7 Å². The van der Waals surface area contributed by atoms with Crippen molar-refractivity contribution in [1.82, 2.24) is 10.3 Å². The molecular formula is C16H12F3N3O2. The number of nitrogens with zero attached hydrogens (tertiary/aromatic N) is 2. The van der Waals surface area contributed by atoms with Crippen molar-refractivity contribution in [3.63, 3.8) is 0 Å². The van der Waals surface area contributed by atoms with E-state index in [1.54, 1.807) is 24.3 Å². The summed E-state index contributed by atoms with van der Waals surface area (Å²) in [6.07, 6.45) is -4.15. The minimum atomic E-state index is -4.39. The molecule has 0 aliphatic heterocycles. The molecule has 124 valence electrons. The highest BCUT2D eigenvalue weighted by Gasteiger charge is 2.30. The van der Waals surface area contributed by atoms with Crippen molar-refractivity contribution in [2.45, 2.75) is 19.0 Å². The summed E-state index contributed by atoms with van der Waals surface area (Å²) in [5.41, 5.74) is 1.10. The number of benzene rings is 2. The summed E-state index contributed by atoms with van der Waals surface area (Å²) in [7, 11) is 0. The molecule has 0 aliphatic rings. The predicted octanol–water partition coefficient (Wildman–Crippen LogP) is 3.81. The molecular weight excluding hydrogens is 323 g/mol. The molecule has 0 radical (unpaired) electrons. The van der Waals surface area contributed by atoms with Crippen molar-refractivity contribution in [1.29, 1.82) is 0 Å². The lowest BCUT2D eigenvalue weighted by atomic mass is 10.1. The largest absolute Gasteiger partial charge is 0.416 e. The zero-order chi connectivity index (χ0) is 17.2. The number of carbonyl (C=O) groups excluding carboxylic acids is 1. The summed E-state index contributed by atoms with van der Waals surface area (Å²) in [5.74, 6) is -0.331. The van der Waals surface area contributed by atoms with Crippen LogP contribution in [0.25, 0.3) is 11.0 Å². The molecule has 1 N–H and O–H groups in total. The zero-order valence-electron chi connectivity index (χ0n) is 12.3. The third kappa shape index (κ3) is 3.53. The van der Waals surface area contributed by atoms with Gasteiger partial charge in [-0.05, 0) is 40.5 Å². The van der Waals surface area contributed by atoms with Crippen LogP contribution in [0.1, 0.15) is 17.5 Å². The second-order valence-corrected chi connectivity index (χ2v) is 5.18. The van der Waals surface area contributed by atoms with E-state index < -0.39 is 11.7 Å². The Bertz CT molecular complexity index is 874. The molecule has 1 aromatic heterocycles. The van der Waals surface area contributed by atoms with Crippen molar-refractivity contribution in [3.8, 4) is 0 Å². The van der Waals surface area contributed by atoms with E-state index in [0.29, 0.717) is 22.3 Å². The van der Waals surface area contributed by atoms with Gasteiger partial charge in [0.1, 0.15) is 5.52 Å². The summed E-state index contributed by atoms with van der Waals surface area (Å²) >= 11 is 0. The highest BCUT2D eigenvalue weighted by Crippen LogP contribution is 2.29. The van der Waals surface area contributed by atoms with Crippen LogP contribution in [-0.4, -0.2) is 16.2 Å². The van der Waals surface area contributed by atoms with Crippen molar-refractivity contribution in [3.05, 3.63) is 53.6 Å². The van der Waals surface area contributed by atoms with E-state index in [9.17, 15) is 18.0 Å². The number of aromatic nitrogens is 2. The summed E-state index contributed by atoms with van der Waals surface area (Å²) in [6.45, 7) is 0. The summed E-state index contributed by atoms with van der Waals surface area (Å²) < 4.78 is 42.6. The Balaban J connectivity index is 1.65. The third-order valence-corrected chi connectivity index (χ3v) is 3.46. The molecule has 1 heterocycles. The Morgan fingerprint density at radius 1 is 1.12 bits per heavy atom. The number of carbonyl (C=O) groups is 1. The monoisotopic (exact) mass is 335 g/mol.